The highest BCUT2D eigenvalue weighted by atomic mass is 32.2. The predicted octanol–water partition coefficient (Wildman–Crippen LogP) is 2.56. The number of hydrogen-bond donors (Lipinski definition) is 1. The van der Waals surface area contributed by atoms with E-state index in [9.17, 15) is 14.4 Å². The normalized spacial score (nSPS) is 16.3. The number of carbonyl (C=O) groups is 3. The Hall–Kier alpha value is -2.87. The largest absolute Gasteiger partial charge is 0.452 e. The molecular formula is C21H23N3O4S. The molecule has 7 nitrogen and oxygen atoms in total. The Bertz CT molecular complexity index is 901. The van der Waals surface area contributed by atoms with Crippen LogP contribution in [0.15, 0.2) is 52.5 Å². The number of likely N-dealkylation sites (tertiary alicyclic amines) is 1. The Morgan fingerprint density at radius 3 is 2.69 bits per heavy atom. The van der Waals surface area contributed by atoms with E-state index in [1.54, 1.807) is 18.3 Å². The second-order valence-corrected chi connectivity index (χ2v) is 7.91. The minimum Gasteiger partial charge on any atom is -0.452 e. The van der Waals surface area contributed by atoms with E-state index >= 15 is 0 Å². The first-order chi connectivity index (χ1) is 14.0. The number of piperidine rings is 1. The van der Waals surface area contributed by atoms with Crippen molar-refractivity contribution in [1.82, 2.24) is 9.88 Å². The van der Waals surface area contributed by atoms with E-state index < -0.39 is 30.4 Å². The predicted molar refractivity (Wildman–Crippen MR) is 108 cm³/mol. The lowest BCUT2D eigenvalue weighted by Crippen LogP contribution is -2.51. The Balaban J connectivity index is 1.65. The maximum Gasteiger partial charge on any atom is 0.341 e. The maximum absolute atomic E-state index is 12.6. The van der Waals surface area contributed by atoms with E-state index in [4.69, 9.17) is 10.5 Å². The van der Waals surface area contributed by atoms with Gasteiger partial charge in [0.1, 0.15) is 11.1 Å². The second-order valence-electron chi connectivity index (χ2n) is 6.85. The van der Waals surface area contributed by atoms with Gasteiger partial charge in [-0.25, -0.2) is 9.78 Å². The molecule has 1 fully saturated rings. The molecule has 8 heteroatoms. The molecule has 2 amide bonds. The molecule has 1 aromatic carbocycles. The number of esters is 1. The molecule has 0 saturated carbocycles. The molecule has 0 spiro atoms. The van der Waals surface area contributed by atoms with E-state index in [-0.39, 0.29) is 5.56 Å². The number of pyridine rings is 1. The van der Waals surface area contributed by atoms with Crippen LogP contribution in [0.25, 0.3) is 0 Å². The summed E-state index contributed by atoms with van der Waals surface area (Å²) in [5.74, 6) is -1.58. The van der Waals surface area contributed by atoms with Crippen molar-refractivity contribution in [3.8, 4) is 0 Å². The first kappa shape index (κ1) is 20.9. The van der Waals surface area contributed by atoms with Gasteiger partial charge in [0.15, 0.2) is 6.61 Å². The van der Waals surface area contributed by atoms with Crippen LogP contribution in [0.4, 0.5) is 0 Å². The number of aryl methyl sites for hydroxylation is 1. The van der Waals surface area contributed by atoms with E-state index in [2.05, 4.69) is 4.98 Å². The SMILES string of the molecule is Cc1ccc(Sc2ncccc2C(=O)OCC(=O)N2CCCC[C@H]2C(N)=O)cc1. The lowest BCUT2D eigenvalue weighted by atomic mass is 10.0. The summed E-state index contributed by atoms with van der Waals surface area (Å²) in [5.41, 5.74) is 6.82. The molecule has 2 N–H and O–H groups in total. The third-order valence-corrected chi connectivity index (χ3v) is 5.73. The number of carbonyl (C=O) groups excluding carboxylic acids is 3. The third kappa shape index (κ3) is 5.35. The fourth-order valence-electron chi connectivity index (χ4n) is 3.16. The number of primary amides is 1. The van der Waals surface area contributed by atoms with Crippen molar-refractivity contribution in [3.63, 3.8) is 0 Å². The lowest BCUT2D eigenvalue weighted by molar-refractivity contribution is -0.143. The van der Waals surface area contributed by atoms with E-state index in [1.807, 2.05) is 31.2 Å². The zero-order chi connectivity index (χ0) is 20.8. The summed E-state index contributed by atoms with van der Waals surface area (Å²) in [6.07, 6.45) is 3.77. The molecule has 0 radical (unpaired) electrons. The Kier molecular flexibility index (Phi) is 6.87. The fourth-order valence-corrected chi connectivity index (χ4v) is 4.03. The third-order valence-electron chi connectivity index (χ3n) is 4.70. The average Bonchev–Trinajstić information content (AvgIpc) is 2.73. The van der Waals surface area contributed by atoms with Crippen molar-refractivity contribution in [2.45, 2.75) is 42.1 Å². The highest BCUT2D eigenvalue weighted by molar-refractivity contribution is 7.99. The second kappa shape index (κ2) is 9.56. The molecule has 1 aromatic heterocycles. The van der Waals surface area contributed by atoms with E-state index in [0.29, 0.717) is 18.0 Å². The fraction of sp³-hybridized carbons (Fsp3) is 0.333. The Morgan fingerprint density at radius 2 is 1.97 bits per heavy atom. The minimum absolute atomic E-state index is 0.288. The summed E-state index contributed by atoms with van der Waals surface area (Å²) >= 11 is 1.35. The molecule has 0 unspecified atom stereocenters. The number of ether oxygens (including phenoxy) is 1. The molecule has 29 heavy (non-hydrogen) atoms. The number of nitrogens with zero attached hydrogens (tertiary/aromatic N) is 2. The smallest absolute Gasteiger partial charge is 0.341 e. The topological polar surface area (TPSA) is 103 Å². The molecule has 2 heterocycles. The summed E-state index contributed by atoms with van der Waals surface area (Å²) in [5, 5.41) is 0.502. The summed E-state index contributed by atoms with van der Waals surface area (Å²) in [6, 6.07) is 10.5. The lowest BCUT2D eigenvalue weighted by Gasteiger charge is -2.33. The Labute approximate surface area is 173 Å². The summed E-state index contributed by atoms with van der Waals surface area (Å²) in [7, 11) is 0. The first-order valence-electron chi connectivity index (χ1n) is 9.41. The van der Waals surface area contributed by atoms with E-state index in [1.165, 1.54) is 16.7 Å². The zero-order valence-corrected chi connectivity index (χ0v) is 17.0. The van der Waals surface area contributed by atoms with Crippen LogP contribution in [0.3, 0.4) is 0 Å². The van der Waals surface area contributed by atoms with Gasteiger partial charge < -0.3 is 15.4 Å². The number of rotatable bonds is 6. The Morgan fingerprint density at radius 1 is 1.21 bits per heavy atom. The van der Waals surface area contributed by atoms with Gasteiger partial charge in [0, 0.05) is 17.6 Å². The highest BCUT2D eigenvalue weighted by Gasteiger charge is 2.31. The minimum atomic E-state index is -0.638. The number of benzene rings is 1. The van der Waals surface area contributed by atoms with Crippen LogP contribution in [-0.2, 0) is 14.3 Å². The van der Waals surface area contributed by atoms with Gasteiger partial charge in [-0.3, -0.25) is 9.59 Å². The maximum atomic E-state index is 12.6. The zero-order valence-electron chi connectivity index (χ0n) is 16.2. The molecule has 1 aliphatic rings. The van der Waals surface area contributed by atoms with Gasteiger partial charge in [-0.2, -0.15) is 0 Å². The van der Waals surface area contributed by atoms with Crippen molar-refractivity contribution in [2.24, 2.45) is 5.73 Å². The molecule has 3 rings (SSSR count). The molecule has 1 aliphatic heterocycles. The first-order valence-corrected chi connectivity index (χ1v) is 10.2. The van der Waals surface area contributed by atoms with Gasteiger partial charge in [0.05, 0.1) is 5.56 Å². The average molecular weight is 413 g/mol. The molecule has 2 aromatic rings. The van der Waals surface area contributed by atoms with E-state index in [0.717, 1.165) is 23.3 Å². The van der Waals surface area contributed by atoms with Crippen LogP contribution >= 0.6 is 11.8 Å². The highest BCUT2D eigenvalue weighted by Crippen LogP contribution is 2.29. The van der Waals surface area contributed by atoms with Crippen LogP contribution in [0.1, 0.15) is 35.2 Å². The molecule has 1 atom stereocenters. The van der Waals surface area contributed by atoms with Crippen molar-refractivity contribution >= 4 is 29.5 Å². The molecule has 0 aliphatic carbocycles. The molecule has 0 bridgehead atoms. The van der Waals surface area contributed by atoms with Crippen LogP contribution in [-0.4, -0.2) is 46.9 Å². The number of hydrogen-bond acceptors (Lipinski definition) is 6. The van der Waals surface area contributed by atoms with Crippen LogP contribution in [0, 0.1) is 6.92 Å². The van der Waals surface area contributed by atoms with Gasteiger partial charge >= 0.3 is 5.97 Å². The molecule has 152 valence electrons. The molecule has 1 saturated heterocycles. The quantitative estimate of drug-likeness (QED) is 0.730. The van der Waals surface area contributed by atoms with Crippen LogP contribution < -0.4 is 5.73 Å². The van der Waals surface area contributed by atoms with Crippen LogP contribution in [0.5, 0.6) is 0 Å². The van der Waals surface area contributed by atoms with Crippen molar-refractivity contribution in [3.05, 3.63) is 53.7 Å². The monoisotopic (exact) mass is 413 g/mol. The summed E-state index contributed by atoms with van der Waals surface area (Å²) in [4.78, 5) is 43.3. The summed E-state index contributed by atoms with van der Waals surface area (Å²) < 4.78 is 5.23. The number of nitrogens with two attached hydrogens (primary N) is 1. The van der Waals surface area contributed by atoms with Gasteiger partial charge in [-0.1, -0.05) is 29.5 Å². The van der Waals surface area contributed by atoms with Gasteiger partial charge in [0.2, 0.25) is 5.91 Å². The van der Waals surface area contributed by atoms with Crippen molar-refractivity contribution in [1.29, 1.82) is 0 Å². The molecular weight excluding hydrogens is 390 g/mol. The van der Waals surface area contributed by atoms with Gasteiger partial charge in [-0.05, 0) is 50.5 Å². The number of aromatic nitrogens is 1. The standard InChI is InChI=1S/C21H23N3O4S/c1-14-7-9-15(10-8-14)29-20-16(5-4-11-23-20)21(27)28-13-18(25)24-12-3-2-6-17(24)19(22)26/h4-5,7-11,17H,2-3,6,12-13H2,1H3,(H2,22,26)/t17-/m0/s1. The van der Waals surface area contributed by atoms with Crippen molar-refractivity contribution < 1.29 is 19.1 Å². The van der Waals surface area contributed by atoms with Gasteiger partial charge in [0.25, 0.3) is 5.91 Å². The van der Waals surface area contributed by atoms with Crippen LogP contribution in [0.2, 0.25) is 0 Å². The van der Waals surface area contributed by atoms with Crippen molar-refractivity contribution in [2.75, 3.05) is 13.2 Å². The number of amides is 2. The van der Waals surface area contributed by atoms with Gasteiger partial charge in [-0.15, -0.1) is 0 Å². The summed E-state index contributed by atoms with van der Waals surface area (Å²) in [6.45, 7) is 2.00.